The number of hydrazine groups is 1. The Morgan fingerprint density at radius 2 is 1.47 bits per heavy atom. The molecule has 164 valence electrons. The third kappa shape index (κ3) is 5.95. The molecule has 32 heavy (non-hydrogen) atoms. The molecule has 1 atom stereocenters. The molecule has 7 heteroatoms. The largest absolute Gasteiger partial charge is 0.481 e. The first-order valence-corrected chi connectivity index (χ1v) is 10.3. The summed E-state index contributed by atoms with van der Waals surface area (Å²) >= 11 is 0. The van der Waals surface area contributed by atoms with Gasteiger partial charge in [-0.3, -0.25) is 25.2 Å². The lowest BCUT2D eigenvalue weighted by Crippen LogP contribution is -2.47. The third-order valence-electron chi connectivity index (χ3n) is 4.78. The molecule has 0 fully saturated rings. The van der Waals surface area contributed by atoms with Gasteiger partial charge >= 0.3 is 0 Å². The van der Waals surface area contributed by atoms with Crippen LogP contribution in [0.5, 0.6) is 5.75 Å². The molecule has 0 aromatic heterocycles. The molecule has 0 spiro atoms. The van der Waals surface area contributed by atoms with Crippen molar-refractivity contribution in [2.45, 2.75) is 26.4 Å². The van der Waals surface area contributed by atoms with E-state index in [1.807, 2.05) is 44.2 Å². The van der Waals surface area contributed by atoms with Crippen molar-refractivity contribution in [1.29, 1.82) is 0 Å². The maximum Gasteiger partial charge on any atom is 0.279 e. The minimum atomic E-state index is -0.739. The molecular formula is C25H25N3O4. The Morgan fingerprint density at radius 1 is 0.812 bits per heavy atom. The molecule has 0 radical (unpaired) electrons. The lowest BCUT2D eigenvalue weighted by molar-refractivity contribution is -0.128. The van der Waals surface area contributed by atoms with Crippen molar-refractivity contribution >= 4 is 23.4 Å². The van der Waals surface area contributed by atoms with Crippen LogP contribution >= 0.6 is 0 Å². The van der Waals surface area contributed by atoms with Crippen molar-refractivity contribution < 1.29 is 19.1 Å². The first-order valence-electron chi connectivity index (χ1n) is 10.3. The number of anilines is 1. The molecule has 1 unspecified atom stereocenters. The molecule has 0 bridgehead atoms. The molecule has 0 saturated heterocycles. The van der Waals surface area contributed by atoms with E-state index in [0.29, 0.717) is 29.0 Å². The average molecular weight is 431 g/mol. The highest BCUT2D eigenvalue weighted by Crippen LogP contribution is 2.14. The smallest absolute Gasteiger partial charge is 0.279 e. The number of amides is 3. The van der Waals surface area contributed by atoms with Crippen molar-refractivity contribution in [1.82, 2.24) is 10.9 Å². The van der Waals surface area contributed by atoms with Crippen LogP contribution in [0, 0.1) is 6.92 Å². The van der Waals surface area contributed by atoms with Crippen LogP contribution in [0.2, 0.25) is 0 Å². The predicted octanol–water partition coefficient (Wildman–Crippen LogP) is 3.87. The van der Waals surface area contributed by atoms with Crippen LogP contribution in [0.15, 0.2) is 78.9 Å². The van der Waals surface area contributed by atoms with E-state index in [-0.39, 0.29) is 5.91 Å². The summed E-state index contributed by atoms with van der Waals surface area (Å²) in [4.78, 5) is 37.1. The standard InChI is InChI=1S/C25H25N3O4/c1-3-22(32-20-10-5-4-6-11-20)25(31)28-27-23(29)18-13-15-19(16-14-18)26-24(30)21-12-8-7-9-17(21)2/h4-16,22H,3H2,1-2H3,(H,26,30)(H,27,29)(H,28,31). The summed E-state index contributed by atoms with van der Waals surface area (Å²) in [5.74, 6) is -0.586. The summed E-state index contributed by atoms with van der Waals surface area (Å²) in [6.07, 6.45) is -0.303. The molecule has 0 aliphatic carbocycles. The minimum Gasteiger partial charge on any atom is -0.481 e. The summed E-state index contributed by atoms with van der Waals surface area (Å²) in [7, 11) is 0. The number of nitrogens with one attached hydrogen (secondary N) is 3. The number of carbonyl (C=O) groups is 3. The lowest BCUT2D eigenvalue weighted by Gasteiger charge is -2.17. The second kappa shape index (κ2) is 10.8. The summed E-state index contributed by atoms with van der Waals surface area (Å²) < 4.78 is 5.66. The first kappa shape index (κ1) is 22.6. The molecular weight excluding hydrogens is 406 g/mol. The van der Waals surface area contributed by atoms with E-state index in [1.54, 1.807) is 48.5 Å². The van der Waals surface area contributed by atoms with Gasteiger partial charge in [0.25, 0.3) is 17.7 Å². The van der Waals surface area contributed by atoms with Crippen LogP contribution in [0.4, 0.5) is 5.69 Å². The fraction of sp³-hybridized carbons (Fsp3) is 0.160. The van der Waals surface area contributed by atoms with Gasteiger partial charge in [-0.25, -0.2) is 0 Å². The molecule has 3 N–H and O–H groups in total. The molecule has 3 amide bonds. The van der Waals surface area contributed by atoms with E-state index in [2.05, 4.69) is 16.2 Å². The summed E-state index contributed by atoms with van der Waals surface area (Å²) in [6, 6.07) is 22.7. The summed E-state index contributed by atoms with van der Waals surface area (Å²) in [5, 5.41) is 2.80. The molecule has 3 aromatic rings. The normalized spacial score (nSPS) is 11.2. The van der Waals surface area contributed by atoms with Crippen LogP contribution in [-0.2, 0) is 4.79 Å². The van der Waals surface area contributed by atoms with Gasteiger partial charge in [-0.1, -0.05) is 43.3 Å². The number of para-hydroxylation sites is 1. The Labute approximate surface area is 186 Å². The third-order valence-corrected chi connectivity index (χ3v) is 4.78. The van der Waals surface area contributed by atoms with Crippen LogP contribution in [0.1, 0.15) is 39.6 Å². The number of benzene rings is 3. The van der Waals surface area contributed by atoms with Gasteiger partial charge in [0, 0.05) is 16.8 Å². The Morgan fingerprint density at radius 3 is 2.12 bits per heavy atom. The highest BCUT2D eigenvalue weighted by molar-refractivity contribution is 6.05. The molecule has 3 rings (SSSR count). The molecule has 0 aliphatic rings. The highest BCUT2D eigenvalue weighted by atomic mass is 16.5. The van der Waals surface area contributed by atoms with Gasteiger partial charge in [-0.15, -0.1) is 0 Å². The van der Waals surface area contributed by atoms with Gasteiger partial charge in [0.2, 0.25) is 0 Å². The predicted molar refractivity (Wildman–Crippen MR) is 122 cm³/mol. The number of ether oxygens (including phenoxy) is 1. The SMILES string of the molecule is CCC(Oc1ccccc1)C(=O)NNC(=O)c1ccc(NC(=O)c2ccccc2C)cc1. The molecule has 0 heterocycles. The van der Waals surface area contributed by atoms with E-state index < -0.39 is 17.9 Å². The zero-order valence-corrected chi connectivity index (χ0v) is 17.9. The topological polar surface area (TPSA) is 96.5 Å². The average Bonchev–Trinajstić information content (AvgIpc) is 2.82. The quantitative estimate of drug-likeness (QED) is 0.495. The Balaban J connectivity index is 1.53. The summed E-state index contributed by atoms with van der Waals surface area (Å²) in [5.41, 5.74) is 7.12. The maximum atomic E-state index is 12.4. The van der Waals surface area contributed by atoms with E-state index >= 15 is 0 Å². The highest BCUT2D eigenvalue weighted by Gasteiger charge is 2.19. The van der Waals surface area contributed by atoms with Crippen LogP contribution < -0.4 is 20.9 Å². The Kier molecular flexibility index (Phi) is 7.59. The van der Waals surface area contributed by atoms with Gasteiger partial charge in [0.05, 0.1) is 0 Å². The van der Waals surface area contributed by atoms with Crippen molar-refractivity contribution in [2.75, 3.05) is 5.32 Å². The molecule has 3 aromatic carbocycles. The lowest BCUT2D eigenvalue weighted by atomic mass is 10.1. The number of carbonyl (C=O) groups excluding carboxylic acids is 3. The van der Waals surface area contributed by atoms with E-state index in [9.17, 15) is 14.4 Å². The molecule has 7 nitrogen and oxygen atoms in total. The van der Waals surface area contributed by atoms with Crippen LogP contribution in [0.3, 0.4) is 0 Å². The van der Waals surface area contributed by atoms with Crippen LogP contribution in [0.25, 0.3) is 0 Å². The van der Waals surface area contributed by atoms with E-state index in [1.165, 1.54) is 0 Å². The summed E-state index contributed by atoms with van der Waals surface area (Å²) in [6.45, 7) is 3.68. The Hall–Kier alpha value is -4.13. The fourth-order valence-electron chi connectivity index (χ4n) is 2.99. The van der Waals surface area contributed by atoms with Crippen molar-refractivity contribution in [3.63, 3.8) is 0 Å². The van der Waals surface area contributed by atoms with Gasteiger partial charge in [0.1, 0.15) is 5.75 Å². The van der Waals surface area contributed by atoms with Gasteiger partial charge in [0.15, 0.2) is 6.10 Å². The maximum absolute atomic E-state index is 12.4. The second-order valence-electron chi connectivity index (χ2n) is 7.12. The van der Waals surface area contributed by atoms with Crippen LogP contribution in [-0.4, -0.2) is 23.8 Å². The second-order valence-corrected chi connectivity index (χ2v) is 7.12. The monoisotopic (exact) mass is 431 g/mol. The fourth-order valence-corrected chi connectivity index (χ4v) is 2.99. The van der Waals surface area contributed by atoms with E-state index in [0.717, 1.165) is 5.56 Å². The van der Waals surface area contributed by atoms with Crippen molar-refractivity contribution in [3.8, 4) is 5.75 Å². The van der Waals surface area contributed by atoms with Gasteiger partial charge in [-0.2, -0.15) is 0 Å². The number of aryl methyl sites for hydroxylation is 1. The minimum absolute atomic E-state index is 0.225. The van der Waals surface area contributed by atoms with Gasteiger partial charge < -0.3 is 10.1 Å². The number of hydrogen-bond donors (Lipinski definition) is 3. The zero-order valence-electron chi connectivity index (χ0n) is 17.9. The Bertz CT molecular complexity index is 1080. The van der Waals surface area contributed by atoms with Crippen molar-refractivity contribution in [2.24, 2.45) is 0 Å². The zero-order chi connectivity index (χ0) is 22.9. The number of hydrogen-bond acceptors (Lipinski definition) is 4. The number of rotatable bonds is 7. The van der Waals surface area contributed by atoms with E-state index in [4.69, 9.17) is 4.74 Å². The molecule has 0 aliphatic heterocycles. The van der Waals surface area contributed by atoms with Gasteiger partial charge in [-0.05, 0) is 61.4 Å². The molecule has 0 saturated carbocycles. The van der Waals surface area contributed by atoms with Crippen molar-refractivity contribution in [3.05, 3.63) is 95.6 Å². The first-order chi connectivity index (χ1) is 15.5.